The molecular formula is C19H18N2O4. The molecule has 1 aliphatic rings. The molecule has 1 heterocycles. The average molecular weight is 338 g/mol. The summed E-state index contributed by atoms with van der Waals surface area (Å²) in [5.74, 6) is -1.77. The van der Waals surface area contributed by atoms with Crippen molar-refractivity contribution in [3.63, 3.8) is 0 Å². The van der Waals surface area contributed by atoms with Gasteiger partial charge in [0.1, 0.15) is 11.7 Å². The monoisotopic (exact) mass is 338 g/mol. The highest BCUT2D eigenvalue weighted by atomic mass is 16.5. The Morgan fingerprint density at radius 2 is 1.88 bits per heavy atom. The normalized spacial score (nSPS) is 16.4. The Morgan fingerprint density at radius 3 is 2.56 bits per heavy atom. The first-order valence-electron chi connectivity index (χ1n) is 7.80. The van der Waals surface area contributed by atoms with Gasteiger partial charge in [0.15, 0.2) is 0 Å². The topological polar surface area (TPSA) is 75.7 Å². The number of hydrogen-bond acceptors (Lipinski definition) is 4. The molecule has 0 spiro atoms. The van der Waals surface area contributed by atoms with Gasteiger partial charge in [0.05, 0.1) is 7.11 Å². The number of rotatable bonds is 3. The van der Waals surface area contributed by atoms with Gasteiger partial charge in [0.25, 0.3) is 5.91 Å². The van der Waals surface area contributed by atoms with Gasteiger partial charge in [-0.2, -0.15) is 0 Å². The number of ether oxygens (including phenoxy) is 1. The Morgan fingerprint density at radius 1 is 1.16 bits per heavy atom. The third-order valence-electron chi connectivity index (χ3n) is 4.34. The lowest BCUT2D eigenvalue weighted by Gasteiger charge is -2.29. The minimum Gasteiger partial charge on any atom is -0.497 e. The zero-order valence-corrected chi connectivity index (χ0v) is 14.2. The van der Waals surface area contributed by atoms with E-state index in [1.807, 2.05) is 6.92 Å². The van der Waals surface area contributed by atoms with Crippen molar-refractivity contribution >= 4 is 23.4 Å². The van der Waals surface area contributed by atoms with Gasteiger partial charge >= 0.3 is 0 Å². The van der Waals surface area contributed by atoms with Crippen LogP contribution < -0.4 is 10.1 Å². The number of imide groups is 1. The molecule has 128 valence electrons. The number of carbonyl (C=O) groups excluding carboxylic acids is 3. The van der Waals surface area contributed by atoms with Gasteiger partial charge in [0, 0.05) is 18.3 Å². The van der Waals surface area contributed by atoms with Crippen LogP contribution in [0.4, 0.5) is 5.69 Å². The quantitative estimate of drug-likeness (QED) is 0.688. The second-order valence-corrected chi connectivity index (χ2v) is 5.89. The van der Waals surface area contributed by atoms with Crippen LogP contribution in [0.25, 0.3) is 0 Å². The summed E-state index contributed by atoms with van der Waals surface area (Å²) in [5, 5.41) is 2.78. The summed E-state index contributed by atoms with van der Waals surface area (Å²) < 4.78 is 5.15. The third kappa shape index (κ3) is 2.87. The van der Waals surface area contributed by atoms with Crippen molar-refractivity contribution in [1.29, 1.82) is 0 Å². The van der Waals surface area contributed by atoms with Crippen molar-refractivity contribution in [3.8, 4) is 5.75 Å². The van der Waals surface area contributed by atoms with Crippen molar-refractivity contribution in [2.75, 3.05) is 19.5 Å². The fourth-order valence-corrected chi connectivity index (χ4v) is 2.91. The van der Waals surface area contributed by atoms with E-state index in [2.05, 4.69) is 5.32 Å². The van der Waals surface area contributed by atoms with Crippen LogP contribution in [0.3, 0.4) is 0 Å². The van der Waals surface area contributed by atoms with Gasteiger partial charge in [-0.15, -0.1) is 0 Å². The van der Waals surface area contributed by atoms with Gasteiger partial charge in [-0.1, -0.05) is 18.2 Å². The maximum Gasteiger partial charge on any atom is 0.260 e. The largest absolute Gasteiger partial charge is 0.497 e. The molecule has 25 heavy (non-hydrogen) atoms. The van der Waals surface area contributed by atoms with E-state index < -0.39 is 23.6 Å². The molecule has 0 fully saturated rings. The molecule has 3 rings (SSSR count). The molecule has 1 aliphatic heterocycles. The predicted molar refractivity (Wildman–Crippen MR) is 92.6 cm³/mol. The molecular weight excluding hydrogens is 320 g/mol. The molecule has 0 radical (unpaired) electrons. The number of likely N-dealkylation sites (N-methyl/N-ethyl adjacent to an activating group) is 1. The van der Waals surface area contributed by atoms with E-state index in [1.165, 1.54) is 7.05 Å². The summed E-state index contributed by atoms with van der Waals surface area (Å²) in [6.07, 6.45) is 0. The summed E-state index contributed by atoms with van der Waals surface area (Å²) >= 11 is 0. The standard InChI is InChI=1S/C19H18N2O4/c1-11-10-12(25-3)8-9-15(11)20-17(22)16-13-6-4-5-7-14(13)18(23)21(2)19(16)24/h4-10,16H,1-3H3,(H,20,22). The number of fused-ring (bicyclic) bond motifs is 1. The van der Waals surface area contributed by atoms with Crippen molar-refractivity contribution in [2.24, 2.45) is 0 Å². The fourth-order valence-electron chi connectivity index (χ4n) is 2.91. The summed E-state index contributed by atoms with van der Waals surface area (Å²) in [5.41, 5.74) is 2.21. The highest BCUT2D eigenvalue weighted by Crippen LogP contribution is 2.30. The Bertz CT molecular complexity index is 875. The van der Waals surface area contributed by atoms with Crippen LogP contribution in [0.2, 0.25) is 0 Å². The first kappa shape index (κ1) is 16.7. The van der Waals surface area contributed by atoms with E-state index in [9.17, 15) is 14.4 Å². The van der Waals surface area contributed by atoms with E-state index in [0.717, 1.165) is 10.5 Å². The Balaban J connectivity index is 1.95. The van der Waals surface area contributed by atoms with Crippen LogP contribution >= 0.6 is 0 Å². The number of nitrogens with one attached hydrogen (secondary N) is 1. The van der Waals surface area contributed by atoms with Crippen LogP contribution in [0.5, 0.6) is 5.75 Å². The van der Waals surface area contributed by atoms with E-state index in [4.69, 9.17) is 4.74 Å². The molecule has 0 bridgehead atoms. The van der Waals surface area contributed by atoms with E-state index in [1.54, 1.807) is 49.6 Å². The molecule has 6 heteroatoms. The van der Waals surface area contributed by atoms with Gasteiger partial charge in [-0.3, -0.25) is 19.3 Å². The van der Waals surface area contributed by atoms with Gasteiger partial charge in [-0.05, 0) is 42.3 Å². The number of hydrogen-bond donors (Lipinski definition) is 1. The zero-order chi connectivity index (χ0) is 18.1. The van der Waals surface area contributed by atoms with Crippen LogP contribution in [0.1, 0.15) is 27.4 Å². The van der Waals surface area contributed by atoms with Crippen LogP contribution in [0.15, 0.2) is 42.5 Å². The number of nitrogens with zero attached hydrogens (tertiary/aromatic N) is 1. The number of benzene rings is 2. The first-order chi connectivity index (χ1) is 11.9. The molecule has 0 aliphatic carbocycles. The molecule has 3 amide bonds. The van der Waals surface area contributed by atoms with Crippen LogP contribution in [-0.4, -0.2) is 36.8 Å². The Hall–Kier alpha value is -3.15. The molecule has 6 nitrogen and oxygen atoms in total. The summed E-state index contributed by atoms with van der Waals surface area (Å²) in [6.45, 7) is 1.84. The van der Waals surface area contributed by atoms with Crippen molar-refractivity contribution < 1.29 is 19.1 Å². The number of methoxy groups -OCH3 is 1. The number of carbonyl (C=O) groups is 3. The number of amides is 3. The molecule has 1 N–H and O–H groups in total. The Kier molecular flexibility index (Phi) is 4.27. The van der Waals surface area contributed by atoms with Crippen LogP contribution in [0, 0.1) is 6.92 Å². The lowest BCUT2D eigenvalue weighted by molar-refractivity contribution is -0.134. The number of aryl methyl sites for hydroxylation is 1. The fraction of sp³-hybridized carbons (Fsp3) is 0.211. The lowest BCUT2D eigenvalue weighted by Crippen LogP contribution is -2.46. The zero-order valence-electron chi connectivity index (χ0n) is 14.2. The van der Waals surface area contributed by atoms with Crippen molar-refractivity contribution in [2.45, 2.75) is 12.8 Å². The van der Waals surface area contributed by atoms with Gasteiger partial charge < -0.3 is 10.1 Å². The first-order valence-corrected chi connectivity index (χ1v) is 7.80. The Labute approximate surface area is 145 Å². The SMILES string of the molecule is COc1ccc(NC(=O)C2C(=O)N(C)C(=O)c3ccccc32)c(C)c1. The maximum absolute atomic E-state index is 12.8. The number of anilines is 1. The summed E-state index contributed by atoms with van der Waals surface area (Å²) in [6, 6.07) is 11.9. The third-order valence-corrected chi connectivity index (χ3v) is 4.34. The van der Waals surface area contributed by atoms with Gasteiger partial charge in [-0.25, -0.2) is 0 Å². The maximum atomic E-state index is 12.8. The molecule has 1 atom stereocenters. The minimum absolute atomic E-state index is 0.371. The van der Waals surface area contributed by atoms with Crippen molar-refractivity contribution in [1.82, 2.24) is 4.90 Å². The van der Waals surface area contributed by atoms with E-state index >= 15 is 0 Å². The van der Waals surface area contributed by atoms with E-state index in [-0.39, 0.29) is 0 Å². The second kappa shape index (κ2) is 6.39. The lowest BCUT2D eigenvalue weighted by atomic mass is 9.88. The second-order valence-electron chi connectivity index (χ2n) is 5.89. The molecule has 2 aromatic carbocycles. The van der Waals surface area contributed by atoms with Gasteiger partial charge in [0.2, 0.25) is 11.8 Å². The average Bonchev–Trinajstić information content (AvgIpc) is 2.61. The summed E-state index contributed by atoms with van der Waals surface area (Å²) in [7, 11) is 2.96. The minimum atomic E-state index is -1.06. The smallest absolute Gasteiger partial charge is 0.260 e. The van der Waals surface area contributed by atoms with Crippen LogP contribution in [-0.2, 0) is 9.59 Å². The predicted octanol–water partition coefficient (Wildman–Crippen LogP) is 2.34. The van der Waals surface area contributed by atoms with Crippen molar-refractivity contribution in [3.05, 3.63) is 59.2 Å². The highest BCUT2D eigenvalue weighted by Gasteiger charge is 2.40. The molecule has 2 aromatic rings. The molecule has 1 unspecified atom stereocenters. The highest BCUT2D eigenvalue weighted by molar-refractivity contribution is 6.21. The molecule has 0 saturated heterocycles. The molecule has 0 aromatic heterocycles. The molecule has 0 saturated carbocycles. The summed E-state index contributed by atoms with van der Waals surface area (Å²) in [4.78, 5) is 38.6. The van der Waals surface area contributed by atoms with E-state index in [0.29, 0.717) is 22.6 Å².